The van der Waals surface area contributed by atoms with Gasteiger partial charge >= 0.3 is 5.97 Å². The van der Waals surface area contributed by atoms with Crippen LogP contribution in [0, 0.1) is 0 Å². The Labute approximate surface area is 99.5 Å². The maximum atomic E-state index is 11.1. The number of anilines is 1. The van der Waals surface area contributed by atoms with Gasteiger partial charge in [0, 0.05) is 24.4 Å². The van der Waals surface area contributed by atoms with Crippen LogP contribution in [0.3, 0.4) is 0 Å². The maximum absolute atomic E-state index is 11.1. The van der Waals surface area contributed by atoms with Crippen LogP contribution in [-0.4, -0.2) is 29.7 Å². The number of carboxylic acid groups (broad SMARTS) is 1. The zero-order valence-electron chi connectivity index (χ0n) is 9.84. The first-order valence-corrected chi connectivity index (χ1v) is 5.47. The molecule has 1 N–H and O–H groups in total. The van der Waals surface area contributed by atoms with Gasteiger partial charge in [-0.05, 0) is 6.92 Å². The average Bonchev–Trinajstić information content (AvgIpc) is 2.36. The van der Waals surface area contributed by atoms with Crippen LogP contribution in [0.25, 0.3) is 10.8 Å². The molecule has 1 aromatic carbocycles. The number of carbonyl (C=O) groups is 1. The van der Waals surface area contributed by atoms with Crippen molar-refractivity contribution in [3.05, 3.63) is 36.2 Å². The molecular weight excluding hydrogens is 216 g/mol. The number of hydrogen-bond donors (Lipinski definition) is 1. The van der Waals surface area contributed by atoms with Gasteiger partial charge in [0.25, 0.3) is 0 Å². The third-order valence-corrected chi connectivity index (χ3v) is 2.86. The Morgan fingerprint density at radius 3 is 2.59 bits per heavy atom. The molecule has 0 aliphatic carbocycles. The monoisotopic (exact) mass is 230 g/mol. The molecule has 0 saturated carbocycles. The van der Waals surface area contributed by atoms with Gasteiger partial charge in [0.15, 0.2) is 5.69 Å². The standard InChI is InChI=1S/C13H14N2O2/c1-3-15(2)11-8-14-12(13(16)17)10-7-5-4-6-9(10)11/h4-8H,3H2,1-2H3,(H,16,17). The number of hydrogen-bond acceptors (Lipinski definition) is 3. The summed E-state index contributed by atoms with van der Waals surface area (Å²) in [6.07, 6.45) is 1.62. The molecule has 17 heavy (non-hydrogen) atoms. The Bertz CT molecular complexity index is 566. The van der Waals surface area contributed by atoms with E-state index in [4.69, 9.17) is 5.11 Å². The molecule has 2 aromatic rings. The summed E-state index contributed by atoms with van der Waals surface area (Å²) in [6, 6.07) is 7.44. The Balaban J connectivity index is 2.75. The van der Waals surface area contributed by atoms with Crippen molar-refractivity contribution < 1.29 is 9.90 Å². The molecular formula is C13H14N2O2. The van der Waals surface area contributed by atoms with Crippen molar-refractivity contribution in [1.29, 1.82) is 0 Å². The summed E-state index contributed by atoms with van der Waals surface area (Å²) in [5.74, 6) is -0.994. The van der Waals surface area contributed by atoms with Crippen molar-refractivity contribution >= 4 is 22.4 Å². The largest absolute Gasteiger partial charge is 0.476 e. The van der Waals surface area contributed by atoms with Gasteiger partial charge in [0.1, 0.15) is 0 Å². The SMILES string of the molecule is CCN(C)c1cnc(C(=O)O)c2ccccc12. The summed E-state index contributed by atoms with van der Waals surface area (Å²) < 4.78 is 0. The third kappa shape index (κ3) is 1.93. The number of rotatable bonds is 3. The van der Waals surface area contributed by atoms with Crippen LogP contribution < -0.4 is 4.90 Å². The average molecular weight is 230 g/mol. The van der Waals surface area contributed by atoms with E-state index in [0.717, 1.165) is 17.6 Å². The van der Waals surface area contributed by atoms with E-state index in [-0.39, 0.29) is 5.69 Å². The summed E-state index contributed by atoms with van der Waals surface area (Å²) in [5.41, 5.74) is 1.06. The van der Waals surface area contributed by atoms with E-state index >= 15 is 0 Å². The number of carboxylic acids is 1. The lowest BCUT2D eigenvalue weighted by Gasteiger charge is -2.19. The Morgan fingerprint density at radius 1 is 1.35 bits per heavy atom. The van der Waals surface area contributed by atoms with E-state index in [1.54, 1.807) is 12.3 Å². The first-order valence-electron chi connectivity index (χ1n) is 5.47. The van der Waals surface area contributed by atoms with Gasteiger partial charge in [-0.1, -0.05) is 24.3 Å². The minimum atomic E-state index is -0.994. The van der Waals surface area contributed by atoms with Gasteiger partial charge in [-0.2, -0.15) is 0 Å². The van der Waals surface area contributed by atoms with Crippen LogP contribution in [-0.2, 0) is 0 Å². The van der Waals surface area contributed by atoms with E-state index in [0.29, 0.717) is 5.39 Å². The van der Waals surface area contributed by atoms with Gasteiger partial charge in [0.2, 0.25) is 0 Å². The molecule has 1 aromatic heterocycles. The van der Waals surface area contributed by atoms with Gasteiger partial charge in [-0.25, -0.2) is 9.78 Å². The van der Waals surface area contributed by atoms with Crippen molar-refractivity contribution in [2.24, 2.45) is 0 Å². The van der Waals surface area contributed by atoms with Crippen molar-refractivity contribution in [3.63, 3.8) is 0 Å². The number of pyridine rings is 1. The second kappa shape index (κ2) is 4.41. The van der Waals surface area contributed by atoms with Crippen LogP contribution in [0.5, 0.6) is 0 Å². The summed E-state index contributed by atoms with van der Waals surface area (Å²) in [5, 5.41) is 10.7. The van der Waals surface area contributed by atoms with E-state index in [2.05, 4.69) is 4.98 Å². The fourth-order valence-electron chi connectivity index (χ4n) is 1.82. The molecule has 0 radical (unpaired) electrons. The maximum Gasteiger partial charge on any atom is 0.355 e. The number of benzene rings is 1. The van der Waals surface area contributed by atoms with Gasteiger partial charge in [-0.3, -0.25) is 0 Å². The Hall–Kier alpha value is -2.10. The normalized spacial score (nSPS) is 10.5. The highest BCUT2D eigenvalue weighted by Gasteiger charge is 2.13. The fourth-order valence-corrected chi connectivity index (χ4v) is 1.82. The molecule has 0 amide bonds. The quantitative estimate of drug-likeness (QED) is 0.879. The molecule has 0 saturated heterocycles. The molecule has 0 atom stereocenters. The number of nitrogens with zero attached hydrogens (tertiary/aromatic N) is 2. The molecule has 1 heterocycles. The number of aromatic nitrogens is 1. The molecule has 2 rings (SSSR count). The highest BCUT2D eigenvalue weighted by molar-refractivity contribution is 6.05. The lowest BCUT2D eigenvalue weighted by Crippen LogP contribution is -2.17. The first-order chi connectivity index (χ1) is 8.15. The van der Waals surface area contributed by atoms with E-state index < -0.39 is 5.97 Å². The van der Waals surface area contributed by atoms with Crippen LogP contribution in [0.2, 0.25) is 0 Å². The summed E-state index contributed by atoms with van der Waals surface area (Å²) in [7, 11) is 1.96. The predicted molar refractivity (Wildman–Crippen MR) is 67.6 cm³/mol. The summed E-state index contributed by atoms with van der Waals surface area (Å²) in [4.78, 5) is 17.2. The number of fused-ring (bicyclic) bond motifs is 1. The lowest BCUT2D eigenvalue weighted by molar-refractivity contribution is 0.0693. The molecule has 0 aliphatic heterocycles. The zero-order chi connectivity index (χ0) is 12.4. The molecule has 0 bridgehead atoms. The fraction of sp³-hybridized carbons (Fsp3) is 0.231. The topological polar surface area (TPSA) is 53.4 Å². The van der Waals surface area contributed by atoms with Crippen LogP contribution in [0.4, 0.5) is 5.69 Å². The Morgan fingerprint density at radius 2 is 2.00 bits per heavy atom. The van der Waals surface area contributed by atoms with E-state index in [1.165, 1.54) is 0 Å². The predicted octanol–water partition coefficient (Wildman–Crippen LogP) is 2.39. The summed E-state index contributed by atoms with van der Waals surface area (Å²) >= 11 is 0. The van der Waals surface area contributed by atoms with Crippen LogP contribution >= 0.6 is 0 Å². The van der Waals surface area contributed by atoms with E-state index in [9.17, 15) is 4.79 Å². The second-order valence-corrected chi connectivity index (χ2v) is 3.86. The lowest BCUT2D eigenvalue weighted by atomic mass is 10.1. The van der Waals surface area contributed by atoms with E-state index in [1.807, 2.05) is 37.1 Å². The van der Waals surface area contributed by atoms with Gasteiger partial charge < -0.3 is 10.0 Å². The second-order valence-electron chi connectivity index (χ2n) is 3.86. The van der Waals surface area contributed by atoms with Crippen molar-refractivity contribution in [2.45, 2.75) is 6.92 Å². The molecule has 4 nitrogen and oxygen atoms in total. The highest BCUT2D eigenvalue weighted by Crippen LogP contribution is 2.27. The minimum absolute atomic E-state index is 0.105. The van der Waals surface area contributed by atoms with Crippen LogP contribution in [0.1, 0.15) is 17.4 Å². The molecule has 4 heteroatoms. The molecule has 0 fully saturated rings. The first kappa shape index (κ1) is 11.4. The molecule has 0 spiro atoms. The van der Waals surface area contributed by atoms with Crippen molar-refractivity contribution in [1.82, 2.24) is 4.98 Å². The van der Waals surface area contributed by atoms with Gasteiger partial charge in [0.05, 0.1) is 11.9 Å². The van der Waals surface area contributed by atoms with Crippen LogP contribution in [0.15, 0.2) is 30.5 Å². The third-order valence-electron chi connectivity index (χ3n) is 2.86. The van der Waals surface area contributed by atoms with Gasteiger partial charge in [-0.15, -0.1) is 0 Å². The molecule has 0 aliphatic rings. The smallest absolute Gasteiger partial charge is 0.355 e. The Kier molecular flexibility index (Phi) is 2.95. The summed E-state index contributed by atoms with van der Waals surface area (Å²) in [6.45, 7) is 2.89. The zero-order valence-corrected chi connectivity index (χ0v) is 9.84. The van der Waals surface area contributed by atoms with Crippen molar-refractivity contribution in [2.75, 3.05) is 18.5 Å². The number of aromatic carboxylic acids is 1. The minimum Gasteiger partial charge on any atom is -0.476 e. The van der Waals surface area contributed by atoms with Crippen molar-refractivity contribution in [3.8, 4) is 0 Å². The molecule has 0 unspecified atom stereocenters. The highest BCUT2D eigenvalue weighted by atomic mass is 16.4. The molecule has 88 valence electrons.